The van der Waals surface area contributed by atoms with Gasteiger partial charge in [-0.3, -0.25) is 65.5 Å². The largest absolute Gasteiger partial charge is 2.00 e. The summed E-state index contributed by atoms with van der Waals surface area (Å²) in [5, 5.41) is 0. The van der Waals surface area contributed by atoms with Gasteiger partial charge in [-0.05, 0) is 0 Å². The van der Waals surface area contributed by atoms with Crippen molar-refractivity contribution in [2.75, 3.05) is 0 Å². The van der Waals surface area contributed by atoms with Crippen LogP contribution >= 0.6 is 0 Å². The van der Waals surface area contributed by atoms with E-state index < -0.39 is 83.2 Å². The molecule has 0 aliphatic heterocycles. The Hall–Kier alpha value is 11.0. The third-order valence-corrected chi connectivity index (χ3v) is 0. The van der Waals surface area contributed by atoms with Crippen LogP contribution in [0.4, 0.5) is 0 Å². The van der Waals surface area contributed by atoms with Crippen LogP contribution < -0.4 is 347 Å². The molecule has 256 valence electrons. The van der Waals surface area contributed by atoms with Crippen LogP contribution in [0.1, 0.15) is 0 Å². The van der Waals surface area contributed by atoms with Gasteiger partial charge in [0.1, 0.15) is 0 Å². The van der Waals surface area contributed by atoms with Crippen molar-refractivity contribution in [3.05, 3.63) is 0 Å². The van der Waals surface area contributed by atoms with Gasteiger partial charge in [0.05, 0.1) is 0 Å². The molecular weight excluding hydrogens is 1270 g/mol. The van der Waals surface area contributed by atoms with Crippen LogP contribution in [-0.2, 0) is 83.2 Å². The summed E-state index contributed by atoms with van der Waals surface area (Å²) in [6.07, 6.45) is 0. The molecule has 0 aromatic rings. The first-order chi connectivity index (χ1) is 16.0. The molecule has 0 aliphatic rings. The summed E-state index contributed by atoms with van der Waals surface area (Å²) >= 11 is 0. The quantitative estimate of drug-likeness (QED) is 0.0673. The van der Waals surface area contributed by atoms with Crippen LogP contribution in [0, 0.1) is 0 Å². The second-order valence-corrected chi connectivity index (χ2v) is 10.2. The topological polar surface area (TPSA) is 622 Å². The Morgan fingerprint density at radius 2 is 0.333 bits per heavy atom. The summed E-state index contributed by atoms with van der Waals surface area (Å²) in [7, 11) is -39.6. The van der Waals surface area contributed by atoms with Crippen molar-refractivity contribution in [3.63, 3.8) is 0 Å². The van der Waals surface area contributed by atoms with Crippen molar-refractivity contribution in [3.8, 4) is 0 Å². The Labute approximate surface area is 589 Å². The number of rotatable bonds is 0. The first-order valence-electron chi connectivity index (χ1n) is 5.44. The van der Waals surface area contributed by atoms with Gasteiger partial charge < -0.3 is 41.0 Å². The van der Waals surface area contributed by atoms with Gasteiger partial charge in [0.15, 0.2) is 0 Å². The average Bonchev–Trinajstić information content (AvgIpc) is 2.16. The van der Waals surface area contributed by atoms with Crippen molar-refractivity contribution in [1.82, 2.24) is 0 Å². The van der Waals surface area contributed by atoms with Crippen LogP contribution in [0.15, 0.2) is 0 Å². The van der Waals surface area contributed by atoms with Gasteiger partial charge >= 0.3 is 416 Å². The molecule has 0 aromatic heterocycles. The van der Waals surface area contributed by atoms with E-state index in [4.69, 9.17) is 140 Å². The molecule has 0 spiro atoms. The molecule has 0 aromatic carbocycles. The fourth-order valence-electron chi connectivity index (χ4n) is 0. The second kappa shape index (κ2) is 54.1. The van der Waals surface area contributed by atoms with Crippen molar-refractivity contribution in [2.24, 2.45) is 0 Å². The van der Waals surface area contributed by atoms with Gasteiger partial charge in [-0.1, -0.05) is 0 Å². The fraction of sp³-hybridized carbons (Fsp3) is 0. The molecule has 32 nitrogen and oxygen atoms in total. The predicted molar refractivity (Wildman–Crippen MR) is 103 cm³/mol. The maximum Gasteiger partial charge on any atom is 2.00 e. The predicted octanol–water partition coefficient (Wildman–Crippen LogP) is -29.7. The van der Waals surface area contributed by atoms with Crippen molar-refractivity contribution in [2.45, 2.75) is 0 Å². The number of hydrogen-bond acceptors (Lipinski definition) is 25. The molecule has 0 aliphatic carbocycles. The van der Waals surface area contributed by atoms with Crippen LogP contribution in [0.3, 0.4) is 0 Å². The molecule has 7 N–H and O–H groups in total. The Balaban J connectivity index is -0.0000000170. The van der Waals surface area contributed by atoms with Gasteiger partial charge in [0.2, 0.25) is 10.4 Å². The first-order valence-corrected chi connectivity index (χ1v) is 16.3. The molecule has 0 unspecified atom stereocenters. The monoisotopic (exact) mass is 1270 g/mol. The summed E-state index contributed by atoms with van der Waals surface area (Å²) in [4.78, 5) is 0. The molecule has 0 fully saturated rings. The first kappa shape index (κ1) is 107. The molecule has 0 rings (SSSR count). The standard InChI is InChI=1S/Ca.2Cs.2K.Li.Na.8H2O4S.Rb/c;;;;;;;8*1-5(2,3)4;/h;;;;;;;8*(H2,1,2,3,4);/q+2;6*+1;;;;;;;;;+1/p-9. The van der Waals surface area contributed by atoms with E-state index in [0.29, 0.717) is 0 Å². The molecular formula is H7CaCs2K2LiNaO32RbS8. The Bertz CT molecular complexity index is 1110. The molecule has 0 amide bonds. The van der Waals surface area contributed by atoms with Gasteiger partial charge in [-0.15, -0.1) is 0 Å². The molecule has 48 heavy (non-hydrogen) atoms. The fourth-order valence-corrected chi connectivity index (χ4v) is 0. The summed E-state index contributed by atoms with van der Waals surface area (Å²) in [6.45, 7) is 0. The van der Waals surface area contributed by atoms with E-state index in [2.05, 4.69) is 0 Å². The van der Waals surface area contributed by atoms with E-state index >= 15 is 0 Å². The van der Waals surface area contributed by atoms with Crippen LogP contribution in [0.2, 0.25) is 0 Å². The molecule has 0 heterocycles. The van der Waals surface area contributed by atoms with E-state index in [-0.39, 0.29) is 385 Å². The molecule has 0 bridgehead atoms. The summed E-state index contributed by atoms with van der Waals surface area (Å²) in [6, 6.07) is 0. The Morgan fingerprint density at radius 1 is 0.333 bits per heavy atom. The summed E-state index contributed by atoms with van der Waals surface area (Å²) in [5.74, 6) is 0. The zero-order valence-electron chi connectivity index (χ0n) is 24.3. The zero-order valence-corrected chi connectivity index (χ0v) is 58.8. The summed E-state index contributed by atoms with van der Waals surface area (Å²) in [5.41, 5.74) is 0. The smallest absolute Gasteiger partial charge is 0.759 e. The molecule has 0 saturated heterocycles. The molecule has 0 radical (unpaired) electrons. The average molecular weight is 1280 g/mol. The third kappa shape index (κ3) is 1480. The maximum atomic E-state index is 8.74. The van der Waals surface area contributed by atoms with Crippen LogP contribution in [0.25, 0.3) is 0 Å². The van der Waals surface area contributed by atoms with E-state index in [1.54, 1.807) is 0 Å². The minimum atomic E-state index is -5.17. The van der Waals surface area contributed by atoms with Crippen molar-refractivity contribution in [1.29, 1.82) is 0 Å². The van der Waals surface area contributed by atoms with E-state index in [9.17, 15) is 0 Å². The zero-order chi connectivity index (χ0) is 36.0. The van der Waals surface area contributed by atoms with E-state index in [1.165, 1.54) is 0 Å². The Morgan fingerprint density at radius 3 is 0.333 bits per heavy atom. The number of hydrogen-bond donors (Lipinski definition) is 7. The SMILES string of the molecule is O=S(=O)(O)O.O=S(=O)(O)O.O=S(=O)(O)O.O=S(=O)([O-])O.O=S(=O)([O-])[O-].O=S(=O)([O-])[O-].O=S(=O)([O-])[O-].O=S(=O)([O-])[O-].[Ca+2].[Cs+].[Cs+].[K+].[K+].[Li+].[Na+].[Rb+]. The molecule has 0 atom stereocenters. The molecule has 48 heteroatoms. The van der Waals surface area contributed by atoms with Gasteiger partial charge in [0.25, 0.3) is 0 Å². The minimum Gasteiger partial charge on any atom is -0.759 e. The van der Waals surface area contributed by atoms with Crippen molar-refractivity contribution >= 4 is 121 Å². The van der Waals surface area contributed by atoms with E-state index in [1.807, 2.05) is 0 Å². The van der Waals surface area contributed by atoms with Crippen molar-refractivity contribution < 1.29 is 487 Å². The van der Waals surface area contributed by atoms with Gasteiger partial charge in [0, 0.05) is 41.6 Å². The Kier molecular flexibility index (Phi) is 121. The van der Waals surface area contributed by atoms with Crippen LogP contribution in [-0.4, -0.2) is 178 Å². The second-order valence-electron chi connectivity index (χ2n) is 3.40. The van der Waals surface area contributed by atoms with Crippen LogP contribution in [0.5, 0.6) is 0 Å². The third-order valence-electron chi connectivity index (χ3n) is 0. The normalized spacial score (nSPS) is 9.67. The maximum absolute atomic E-state index is 8.74. The van der Waals surface area contributed by atoms with Gasteiger partial charge in [-0.2, -0.15) is 25.3 Å². The molecule has 0 saturated carbocycles. The van der Waals surface area contributed by atoms with E-state index in [0.717, 1.165) is 0 Å². The summed E-state index contributed by atoms with van der Waals surface area (Å²) < 4.78 is 264. The van der Waals surface area contributed by atoms with Gasteiger partial charge in [-0.25, -0.2) is 8.42 Å². The minimum absolute atomic E-state index is 0.